The van der Waals surface area contributed by atoms with E-state index in [1.165, 1.54) is 28.4 Å². The Morgan fingerprint density at radius 1 is 0.586 bits per heavy atom. The van der Waals surface area contributed by atoms with Gasteiger partial charge in [0.25, 0.3) is 0 Å². The highest BCUT2D eigenvalue weighted by Crippen LogP contribution is 2.53. The molecule has 4 aromatic rings. The smallest absolute Gasteiger partial charge is 0.239 e. The molecule has 2 unspecified atom stereocenters. The van der Waals surface area contributed by atoms with Crippen molar-refractivity contribution in [3.63, 3.8) is 0 Å². The van der Waals surface area contributed by atoms with Crippen LogP contribution in [0.25, 0.3) is 0 Å². The van der Waals surface area contributed by atoms with Crippen molar-refractivity contribution in [2.75, 3.05) is 28.4 Å². The summed E-state index contributed by atoms with van der Waals surface area (Å²) < 4.78 is 23.9. The second-order valence-electron chi connectivity index (χ2n) is 16.3. The molecule has 0 aromatic heterocycles. The fraction of sp³-hybridized carbons (Fsp3) is 0.458. The average Bonchev–Trinajstić information content (AvgIpc) is 3.24. The van der Waals surface area contributed by atoms with Gasteiger partial charge in [-0.2, -0.15) is 0 Å². The number of benzene rings is 4. The Kier molecular flexibility index (Phi) is 14.2. The molecule has 2 atom stereocenters. The van der Waals surface area contributed by atoms with Gasteiger partial charge in [-0.15, -0.1) is 0 Å². The minimum atomic E-state index is -2.07. The van der Waals surface area contributed by atoms with E-state index in [4.69, 9.17) is 24.7 Å². The normalized spacial score (nSPS) is 15.4. The molecule has 4 N–H and O–H groups in total. The van der Waals surface area contributed by atoms with Crippen LogP contribution in [0.4, 0.5) is 0 Å². The van der Waals surface area contributed by atoms with Crippen LogP contribution in [0.15, 0.2) is 97.1 Å². The molecule has 0 radical (unpaired) electrons. The largest absolute Gasteiger partial charge is 0.496 e. The maximum atomic E-state index is 16.4. The summed E-state index contributed by atoms with van der Waals surface area (Å²) in [6.07, 6.45) is 2.95. The van der Waals surface area contributed by atoms with Crippen LogP contribution in [0.5, 0.6) is 23.0 Å². The second-order valence-corrected chi connectivity index (χ2v) is 16.3. The zero-order valence-corrected chi connectivity index (χ0v) is 35.4. The van der Waals surface area contributed by atoms with Crippen molar-refractivity contribution in [3.05, 3.63) is 119 Å². The van der Waals surface area contributed by atoms with Crippen LogP contribution in [0, 0.1) is 17.3 Å². The number of aliphatic hydroxyl groups is 2. The van der Waals surface area contributed by atoms with E-state index in [1.54, 1.807) is 53.4 Å². The molecule has 10 heteroatoms. The standard InChI is InChI=1S/C48H62N2O8/c1-32(2)30-42(47(53,34-20-10-14-24-38(34)55-5)35-21-11-15-25-39(35)56-6)50(45(52)46(44(49)51)28-18-9-19-29-46)43(31-33(3)4)48(54,36-22-12-16-26-40(36)57-7)37-23-13-17-27-41(37)58-8/h10-17,20-27,32-33,42-43,53-54H,9,18-19,28-31H2,1-8H3,(H2,49,51). The first-order valence-electron chi connectivity index (χ1n) is 20.4. The fourth-order valence-corrected chi connectivity index (χ4v) is 9.18. The molecule has 2 amide bonds. The van der Waals surface area contributed by atoms with Gasteiger partial charge in [-0.05, 0) is 61.8 Å². The van der Waals surface area contributed by atoms with Gasteiger partial charge in [-0.1, -0.05) is 120 Å². The van der Waals surface area contributed by atoms with Crippen LogP contribution in [-0.4, -0.2) is 67.5 Å². The van der Waals surface area contributed by atoms with Crippen molar-refractivity contribution >= 4 is 11.8 Å². The molecule has 58 heavy (non-hydrogen) atoms. The number of nitrogens with two attached hydrogens (primary N) is 1. The number of rotatable bonds is 18. The summed E-state index contributed by atoms with van der Waals surface area (Å²) in [7, 11) is 6.15. The highest BCUT2D eigenvalue weighted by atomic mass is 16.5. The lowest BCUT2D eigenvalue weighted by Crippen LogP contribution is -2.67. The minimum absolute atomic E-state index is 0.127. The first kappa shape index (κ1) is 44.1. The molecule has 312 valence electrons. The van der Waals surface area contributed by atoms with Crippen LogP contribution in [0.3, 0.4) is 0 Å². The molecular weight excluding hydrogens is 733 g/mol. The van der Waals surface area contributed by atoms with Crippen LogP contribution >= 0.6 is 0 Å². The van der Waals surface area contributed by atoms with Gasteiger partial charge in [0.2, 0.25) is 11.8 Å². The number of amides is 2. The third kappa shape index (κ3) is 8.14. The lowest BCUT2D eigenvalue weighted by molar-refractivity contribution is -0.171. The molecule has 1 saturated carbocycles. The van der Waals surface area contributed by atoms with E-state index in [2.05, 4.69) is 0 Å². The predicted octanol–water partition coefficient (Wildman–Crippen LogP) is 7.99. The number of ether oxygens (including phenoxy) is 4. The third-order valence-electron chi connectivity index (χ3n) is 11.9. The maximum Gasteiger partial charge on any atom is 0.239 e. The molecule has 1 aliphatic rings. The monoisotopic (exact) mass is 794 g/mol. The van der Waals surface area contributed by atoms with Crippen molar-refractivity contribution in [1.82, 2.24) is 4.90 Å². The van der Waals surface area contributed by atoms with Gasteiger partial charge in [0.15, 0.2) is 0 Å². The molecule has 0 saturated heterocycles. The van der Waals surface area contributed by atoms with Gasteiger partial charge in [0, 0.05) is 22.3 Å². The summed E-state index contributed by atoms with van der Waals surface area (Å²) in [5.74, 6) is -0.0229. The molecule has 4 aromatic carbocycles. The van der Waals surface area contributed by atoms with Gasteiger partial charge in [0.05, 0.1) is 40.5 Å². The van der Waals surface area contributed by atoms with E-state index < -0.39 is 40.5 Å². The number of carbonyl (C=O) groups excluding carboxylic acids is 2. The highest BCUT2D eigenvalue weighted by Gasteiger charge is 2.59. The van der Waals surface area contributed by atoms with Crippen LogP contribution < -0.4 is 24.7 Å². The Hall–Kier alpha value is -5.06. The average molecular weight is 795 g/mol. The van der Waals surface area contributed by atoms with Crippen LogP contribution in [0.2, 0.25) is 0 Å². The molecule has 0 bridgehead atoms. The number of primary amides is 1. The molecule has 1 aliphatic carbocycles. The lowest BCUT2D eigenvalue weighted by Gasteiger charge is -2.54. The first-order valence-corrected chi connectivity index (χ1v) is 20.4. The van der Waals surface area contributed by atoms with Crippen molar-refractivity contribution in [1.29, 1.82) is 0 Å². The van der Waals surface area contributed by atoms with Gasteiger partial charge in [-0.25, -0.2) is 0 Å². The second kappa shape index (κ2) is 18.7. The van der Waals surface area contributed by atoms with E-state index in [0.29, 0.717) is 58.1 Å². The SMILES string of the molecule is COc1ccccc1C(O)(c1ccccc1OC)C(CC(C)C)N(C(=O)C1(C(N)=O)CCCCC1)C(CC(C)C)C(O)(c1ccccc1OC)c1ccccc1OC. The Balaban J connectivity index is 2.05. The topological polar surface area (TPSA) is 141 Å². The number of nitrogens with zero attached hydrogens (tertiary/aromatic N) is 1. The zero-order valence-electron chi connectivity index (χ0n) is 35.4. The Labute approximate surface area is 344 Å². The zero-order chi connectivity index (χ0) is 42.3. The van der Waals surface area contributed by atoms with E-state index in [9.17, 15) is 15.0 Å². The summed E-state index contributed by atoms with van der Waals surface area (Å²) >= 11 is 0. The van der Waals surface area contributed by atoms with E-state index in [0.717, 1.165) is 6.42 Å². The number of methoxy groups -OCH3 is 4. The molecular formula is C48H62N2O8. The summed E-state index contributed by atoms with van der Waals surface area (Å²) in [4.78, 5) is 32.1. The molecule has 0 spiro atoms. The van der Waals surface area contributed by atoms with Crippen molar-refractivity contribution in [2.24, 2.45) is 23.0 Å². The minimum Gasteiger partial charge on any atom is -0.496 e. The first-order chi connectivity index (χ1) is 27.8. The maximum absolute atomic E-state index is 16.4. The van der Waals surface area contributed by atoms with Crippen LogP contribution in [-0.2, 0) is 20.8 Å². The Morgan fingerprint density at radius 2 is 0.879 bits per heavy atom. The van der Waals surface area contributed by atoms with Crippen LogP contribution in [0.1, 0.15) is 94.9 Å². The van der Waals surface area contributed by atoms with Gasteiger partial charge in [-0.3, -0.25) is 9.59 Å². The van der Waals surface area contributed by atoms with E-state index in [-0.39, 0.29) is 37.5 Å². The molecule has 0 aliphatic heterocycles. The fourth-order valence-electron chi connectivity index (χ4n) is 9.18. The summed E-state index contributed by atoms with van der Waals surface area (Å²) in [5.41, 5.74) is 2.15. The van der Waals surface area contributed by atoms with Crippen molar-refractivity contribution < 1.29 is 38.7 Å². The quantitative estimate of drug-likeness (QED) is 0.0862. The van der Waals surface area contributed by atoms with Crippen molar-refractivity contribution in [3.8, 4) is 23.0 Å². The van der Waals surface area contributed by atoms with Crippen molar-refractivity contribution in [2.45, 2.75) is 95.9 Å². The summed E-state index contributed by atoms with van der Waals surface area (Å²) in [6.45, 7) is 8.09. The number of carbonyl (C=O) groups is 2. The molecule has 5 rings (SSSR count). The Morgan fingerprint density at radius 3 is 1.14 bits per heavy atom. The third-order valence-corrected chi connectivity index (χ3v) is 11.9. The van der Waals surface area contributed by atoms with E-state index in [1.807, 2.05) is 76.2 Å². The number of hydrogen-bond donors (Lipinski definition) is 3. The molecule has 10 nitrogen and oxygen atoms in total. The van der Waals surface area contributed by atoms with Gasteiger partial charge < -0.3 is 39.8 Å². The van der Waals surface area contributed by atoms with E-state index >= 15 is 4.79 Å². The molecule has 1 fully saturated rings. The lowest BCUT2D eigenvalue weighted by atomic mass is 9.67. The number of hydrogen-bond acceptors (Lipinski definition) is 8. The van der Waals surface area contributed by atoms with Gasteiger partial charge >= 0.3 is 0 Å². The highest BCUT2D eigenvalue weighted by molar-refractivity contribution is 6.05. The summed E-state index contributed by atoms with van der Waals surface area (Å²) in [5, 5.41) is 28.4. The number of para-hydroxylation sites is 4. The molecule has 0 heterocycles. The van der Waals surface area contributed by atoms with Gasteiger partial charge in [0.1, 0.15) is 39.6 Å². The summed E-state index contributed by atoms with van der Waals surface area (Å²) in [6, 6.07) is 26.4. The predicted molar refractivity (Wildman–Crippen MR) is 226 cm³/mol. The Bertz CT molecular complexity index is 1790.